The Balaban J connectivity index is 1.64. The number of benzene rings is 1. The van der Waals surface area contributed by atoms with Crippen molar-refractivity contribution in [2.75, 3.05) is 36.5 Å². The Morgan fingerprint density at radius 1 is 1.27 bits per heavy atom. The second-order valence-electron chi connectivity index (χ2n) is 6.55. The summed E-state index contributed by atoms with van der Waals surface area (Å²) in [5, 5.41) is 10.00. The molecule has 6 nitrogen and oxygen atoms in total. The summed E-state index contributed by atoms with van der Waals surface area (Å²) in [6, 6.07) is 3.09. The number of anilines is 2. The van der Waals surface area contributed by atoms with Gasteiger partial charge in [0.1, 0.15) is 0 Å². The van der Waals surface area contributed by atoms with E-state index >= 15 is 0 Å². The van der Waals surface area contributed by atoms with E-state index in [1.54, 1.807) is 6.07 Å². The summed E-state index contributed by atoms with van der Waals surface area (Å²) < 4.78 is 20.1. The molecule has 1 aromatic heterocycles. The van der Waals surface area contributed by atoms with Crippen LogP contribution in [-0.2, 0) is 17.6 Å². The molecule has 26 heavy (non-hydrogen) atoms. The molecule has 0 saturated carbocycles. The number of nitrogens with one attached hydrogen (secondary N) is 2. The first-order valence-electron chi connectivity index (χ1n) is 8.83. The van der Waals surface area contributed by atoms with Gasteiger partial charge in [0, 0.05) is 24.3 Å². The van der Waals surface area contributed by atoms with Crippen molar-refractivity contribution >= 4 is 28.9 Å². The van der Waals surface area contributed by atoms with Gasteiger partial charge in [-0.05, 0) is 37.8 Å². The van der Waals surface area contributed by atoms with E-state index < -0.39 is 5.82 Å². The minimum absolute atomic E-state index is 0.0293. The lowest BCUT2D eigenvalue weighted by atomic mass is 9.96. The van der Waals surface area contributed by atoms with Crippen LogP contribution in [-0.4, -0.2) is 42.4 Å². The normalized spacial score (nSPS) is 17.1. The minimum Gasteiger partial charge on any atom is -0.378 e. The van der Waals surface area contributed by atoms with E-state index in [1.807, 2.05) is 4.90 Å². The van der Waals surface area contributed by atoms with Crippen LogP contribution in [0, 0.1) is 5.82 Å². The van der Waals surface area contributed by atoms with Gasteiger partial charge in [-0.2, -0.15) is 5.10 Å². The molecule has 0 bridgehead atoms. The fraction of sp³-hybridized carbons (Fsp3) is 0.444. The summed E-state index contributed by atoms with van der Waals surface area (Å²) in [5.74, 6) is -0.865. The van der Waals surface area contributed by atoms with Gasteiger partial charge in [0.15, 0.2) is 11.5 Å². The molecule has 1 amide bonds. The van der Waals surface area contributed by atoms with Gasteiger partial charge >= 0.3 is 0 Å². The highest BCUT2D eigenvalue weighted by atomic mass is 35.5. The van der Waals surface area contributed by atoms with Crippen LogP contribution in [0.4, 0.5) is 15.8 Å². The first-order valence-corrected chi connectivity index (χ1v) is 9.21. The molecule has 1 aromatic carbocycles. The first-order chi connectivity index (χ1) is 12.6. The molecular formula is C18H20ClFN4O2. The van der Waals surface area contributed by atoms with E-state index in [0.29, 0.717) is 43.4 Å². The number of aryl methyl sites for hydroxylation is 1. The predicted octanol–water partition coefficient (Wildman–Crippen LogP) is 3.17. The van der Waals surface area contributed by atoms with E-state index in [4.69, 9.17) is 16.3 Å². The molecule has 1 aliphatic carbocycles. The van der Waals surface area contributed by atoms with Crippen molar-refractivity contribution in [2.45, 2.75) is 25.7 Å². The van der Waals surface area contributed by atoms with Crippen molar-refractivity contribution in [2.24, 2.45) is 0 Å². The highest BCUT2D eigenvalue weighted by molar-refractivity contribution is 6.31. The summed E-state index contributed by atoms with van der Waals surface area (Å²) in [6.45, 7) is 2.09. The standard InChI is InChI=1S/C18H20ClFN4O2/c19-12-5-6-14(17(15(12)20)24-7-9-26-10-8-24)21-18(25)16-11-3-1-2-4-13(11)22-23-16/h5-6H,1-4,7-10H2,(H,21,25)(H,22,23). The number of morpholine rings is 1. The zero-order valence-electron chi connectivity index (χ0n) is 14.3. The molecule has 1 aliphatic heterocycles. The summed E-state index contributed by atoms with van der Waals surface area (Å²) in [6.07, 6.45) is 3.88. The van der Waals surface area contributed by atoms with Crippen LogP contribution in [0.15, 0.2) is 12.1 Å². The monoisotopic (exact) mass is 378 g/mol. The minimum atomic E-state index is -0.532. The Bertz CT molecular complexity index is 833. The van der Waals surface area contributed by atoms with Gasteiger partial charge in [0.05, 0.1) is 29.6 Å². The van der Waals surface area contributed by atoms with Crippen molar-refractivity contribution in [3.05, 3.63) is 39.9 Å². The van der Waals surface area contributed by atoms with Crippen molar-refractivity contribution in [3.8, 4) is 0 Å². The molecule has 4 rings (SSSR count). The fourth-order valence-corrected chi connectivity index (χ4v) is 3.74. The van der Waals surface area contributed by atoms with E-state index in [1.165, 1.54) is 6.07 Å². The quantitative estimate of drug-likeness (QED) is 0.860. The average Bonchev–Trinajstić information content (AvgIpc) is 3.10. The smallest absolute Gasteiger partial charge is 0.276 e. The van der Waals surface area contributed by atoms with Gasteiger partial charge in [-0.15, -0.1) is 0 Å². The molecule has 138 valence electrons. The predicted molar refractivity (Wildman–Crippen MR) is 97.6 cm³/mol. The van der Waals surface area contributed by atoms with Crippen LogP contribution in [0.25, 0.3) is 0 Å². The van der Waals surface area contributed by atoms with Crippen LogP contribution in [0.1, 0.15) is 34.6 Å². The number of aromatic amines is 1. The number of halogens is 2. The van der Waals surface area contributed by atoms with E-state index in [9.17, 15) is 9.18 Å². The molecule has 2 heterocycles. The van der Waals surface area contributed by atoms with Gasteiger partial charge in [-0.3, -0.25) is 9.89 Å². The maximum Gasteiger partial charge on any atom is 0.276 e. The summed E-state index contributed by atoms with van der Waals surface area (Å²) in [5.41, 5.74) is 3.08. The molecule has 0 radical (unpaired) electrons. The molecule has 2 aliphatic rings. The topological polar surface area (TPSA) is 70.2 Å². The largest absolute Gasteiger partial charge is 0.378 e. The highest BCUT2D eigenvalue weighted by Crippen LogP contribution is 2.35. The number of H-pyrrole nitrogens is 1. The third kappa shape index (κ3) is 3.17. The molecular weight excluding hydrogens is 359 g/mol. The van der Waals surface area contributed by atoms with Crippen LogP contribution in [0.5, 0.6) is 0 Å². The van der Waals surface area contributed by atoms with E-state index in [-0.39, 0.29) is 10.9 Å². The number of carbonyl (C=O) groups is 1. The maximum atomic E-state index is 14.7. The Morgan fingerprint density at radius 2 is 2.04 bits per heavy atom. The van der Waals surface area contributed by atoms with Crippen LogP contribution < -0.4 is 10.2 Å². The highest BCUT2D eigenvalue weighted by Gasteiger charge is 2.25. The summed E-state index contributed by atoms with van der Waals surface area (Å²) in [7, 11) is 0. The van der Waals surface area contributed by atoms with E-state index in [0.717, 1.165) is 36.9 Å². The SMILES string of the molecule is O=C(Nc1ccc(Cl)c(F)c1N1CCOCC1)c1n[nH]c2c1CCCC2. The van der Waals surface area contributed by atoms with Gasteiger partial charge in [0.25, 0.3) is 5.91 Å². The number of rotatable bonds is 3. The number of hydrogen-bond acceptors (Lipinski definition) is 4. The fourth-order valence-electron chi connectivity index (χ4n) is 3.59. The molecule has 8 heteroatoms. The number of amides is 1. The molecule has 0 spiro atoms. The van der Waals surface area contributed by atoms with E-state index in [2.05, 4.69) is 15.5 Å². The zero-order chi connectivity index (χ0) is 18.1. The number of fused-ring (bicyclic) bond motifs is 1. The summed E-state index contributed by atoms with van der Waals surface area (Å²) in [4.78, 5) is 14.6. The van der Waals surface area contributed by atoms with Crippen LogP contribution in [0.2, 0.25) is 5.02 Å². The lowest BCUT2D eigenvalue weighted by Crippen LogP contribution is -2.37. The van der Waals surface area contributed by atoms with Gasteiger partial charge in [0.2, 0.25) is 0 Å². The Morgan fingerprint density at radius 3 is 2.85 bits per heavy atom. The third-order valence-corrected chi connectivity index (χ3v) is 5.21. The van der Waals surface area contributed by atoms with Crippen LogP contribution in [0.3, 0.4) is 0 Å². The summed E-state index contributed by atoms with van der Waals surface area (Å²) >= 11 is 5.97. The van der Waals surface area contributed by atoms with Gasteiger partial charge in [-0.1, -0.05) is 11.6 Å². The molecule has 1 fully saturated rings. The van der Waals surface area contributed by atoms with Crippen molar-refractivity contribution in [1.29, 1.82) is 0 Å². The molecule has 0 unspecified atom stereocenters. The van der Waals surface area contributed by atoms with Crippen molar-refractivity contribution in [3.63, 3.8) is 0 Å². The Hall–Kier alpha value is -2.12. The van der Waals surface area contributed by atoms with Crippen LogP contribution >= 0.6 is 11.6 Å². The maximum absolute atomic E-state index is 14.7. The third-order valence-electron chi connectivity index (χ3n) is 4.92. The molecule has 2 N–H and O–H groups in total. The van der Waals surface area contributed by atoms with Crippen molar-refractivity contribution in [1.82, 2.24) is 10.2 Å². The first kappa shape index (κ1) is 17.3. The molecule has 1 saturated heterocycles. The zero-order valence-corrected chi connectivity index (χ0v) is 15.0. The van der Waals surface area contributed by atoms with Gasteiger partial charge in [-0.25, -0.2) is 4.39 Å². The second kappa shape index (κ2) is 7.25. The van der Waals surface area contributed by atoms with Gasteiger partial charge < -0.3 is 15.0 Å². The van der Waals surface area contributed by atoms with Crippen molar-refractivity contribution < 1.29 is 13.9 Å². The number of carbonyl (C=O) groups excluding carboxylic acids is 1. The number of ether oxygens (including phenoxy) is 1. The lowest BCUT2D eigenvalue weighted by Gasteiger charge is -2.31. The molecule has 0 atom stereocenters. The Labute approximate surface area is 155 Å². The number of nitrogens with zero attached hydrogens (tertiary/aromatic N) is 2. The number of hydrogen-bond donors (Lipinski definition) is 2. The average molecular weight is 379 g/mol. The molecule has 2 aromatic rings. The Kier molecular flexibility index (Phi) is 4.82. The second-order valence-corrected chi connectivity index (χ2v) is 6.95. The number of aromatic nitrogens is 2. The lowest BCUT2D eigenvalue weighted by molar-refractivity contribution is 0.102.